The van der Waals surface area contributed by atoms with E-state index < -0.39 is 17.1 Å². The molecule has 0 unspecified atom stereocenters. The maximum absolute atomic E-state index is 11.5. The molecule has 0 saturated carbocycles. The maximum Gasteiger partial charge on any atom is 0.271 e. The van der Waals surface area contributed by atoms with Crippen LogP contribution in [-0.2, 0) is 7.05 Å². The fourth-order valence-corrected chi connectivity index (χ4v) is 1.41. The molecule has 0 radical (unpaired) electrons. The zero-order valence-electron chi connectivity index (χ0n) is 9.21. The summed E-state index contributed by atoms with van der Waals surface area (Å²) >= 11 is 0. The number of hydrogen-bond donors (Lipinski definition) is 2. The number of aromatic nitrogens is 1. The number of rotatable bonds is 1. The van der Waals surface area contributed by atoms with Gasteiger partial charge in [0.15, 0.2) is 11.4 Å². The fraction of sp³-hybridized carbons (Fsp3) is 0.400. The topological polar surface area (TPSA) is 71.3 Å². The second-order valence-corrected chi connectivity index (χ2v) is 3.37. The highest BCUT2D eigenvalue weighted by Gasteiger charge is 2.19. The van der Waals surface area contributed by atoms with Crippen LogP contribution in [0.2, 0.25) is 0 Å². The van der Waals surface area contributed by atoms with Crippen LogP contribution in [-0.4, -0.2) is 22.6 Å². The van der Waals surface area contributed by atoms with Crippen LogP contribution < -0.4 is 10.7 Å². The van der Waals surface area contributed by atoms with Gasteiger partial charge in [-0.05, 0) is 13.8 Å². The average Bonchev–Trinajstić information content (AvgIpc) is 2.23. The number of carbonyl (C=O) groups excluding carboxylic acids is 1. The third-order valence-electron chi connectivity index (χ3n) is 2.60. The Balaban J connectivity index is 3.68. The molecule has 15 heavy (non-hydrogen) atoms. The van der Waals surface area contributed by atoms with Gasteiger partial charge in [0.2, 0.25) is 5.43 Å². The molecule has 0 aliphatic heterocycles. The Bertz CT molecular complexity index is 475. The van der Waals surface area contributed by atoms with Gasteiger partial charge in [0.1, 0.15) is 0 Å². The van der Waals surface area contributed by atoms with Crippen molar-refractivity contribution in [2.75, 3.05) is 7.05 Å². The van der Waals surface area contributed by atoms with Crippen LogP contribution in [0.15, 0.2) is 4.79 Å². The maximum atomic E-state index is 11.5. The monoisotopic (exact) mass is 210 g/mol. The molecule has 1 amide bonds. The molecule has 1 aromatic heterocycles. The first kappa shape index (κ1) is 11.3. The highest BCUT2D eigenvalue weighted by atomic mass is 16.3. The molecular weight excluding hydrogens is 196 g/mol. The number of aromatic hydroxyl groups is 1. The largest absolute Gasteiger partial charge is 0.503 e. The standard InChI is InChI=1S/C10H14N2O3/c1-5-6(2)12(4)7(10(15)11-3)9(14)8(5)13/h14H,1-4H3,(H,11,15). The Morgan fingerprint density at radius 2 is 1.93 bits per heavy atom. The van der Waals surface area contributed by atoms with Crippen molar-refractivity contribution in [2.45, 2.75) is 13.8 Å². The Hall–Kier alpha value is -1.78. The molecule has 0 saturated heterocycles. The molecule has 0 aliphatic carbocycles. The van der Waals surface area contributed by atoms with Crippen molar-refractivity contribution in [2.24, 2.45) is 7.05 Å². The zero-order chi connectivity index (χ0) is 11.7. The van der Waals surface area contributed by atoms with Gasteiger partial charge in [-0.1, -0.05) is 0 Å². The molecule has 1 rings (SSSR count). The minimum absolute atomic E-state index is 0.00870. The van der Waals surface area contributed by atoms with E-state index in [1.165, 1.54) is 11.6 Å². The van der Waals surface area contributed by atoms with Gasteiger partial charge in [-0.2, -0.15) is 0 Å². The number of pyridine rings is 1. The minimum Gasteiger partial charge on any atom is -0.503 e. The van der Waals surface area contributed by atoms with Crippen molar-refractivity contribution in [3.63, 3.8) is 0 Å². The van der Waals surface area contributed by atoms with Gasteiger partial charge in [-0.3, -0.25) is 9.59 Å². The van der Waals surface area contributed by atoms with Crippen molar-refractivity contribution in [3.05, 3.63) is 27.2 Å². The Labute approximate surface area is 87.4 Å². The zero-order valence-corrected chi connectivity index (χ0v) is 9.21. The van der Waals surface area contributed by atoms with Crippen molar-refractivity contribution < 1.29 is 9.90 Å². The molecule has 0 atom stereocenters. The summed E-state index contributed by atoms with van der Waals surface area (Å²) in [6.45, 7) is 3.34. The predicted octanol–water partition coefficient (Wildman–Crippen LogP) is 0.0673. The molecule has 5 heteroatoms. The second-order valence-electron chi connectivity index (χ2n) is 3.37. The lowest BCUT2D eigenvalue weighted by Crippen LogP contribution is -2.27. The molecule has 2 N–H and O–H groups in total. The SMILES string of the molecule is CNC(=O)c1c(O)c(=O)c(C)c(C)n1C. The van der Waals surface area contributed by atoms with Crippen LogP contribution in [0, 0.1) is 13.8 Å². The summed E-state index contributed by atoms with van der Waals surface area (Å²) in [7, 11) is 3.08. The number of nitrogens with one attached hydrogen (secondary N) is 1. The van der Waals surface area contributed by atoms with Crippen LogP contribution >= 0.6 is 0 Å². The van der Waals surface area contributed by atoms with Gasteiger partial charge in [0.05, 0.1) is 0 Å². The van der Waals surface area contributed by atoms with E-state index in [0.717, 1.165) is 0 Å². The van der Waals surface area contributed by atoms with Crippen molar-refractivity contribution in [1.29, 1.82) is 0 Å². The first-order valence-corrected chi connectivity index (χ1v) is 4.53. The quantitative estimate of drug-likeness (QED) is 0.689. The molecule has 5 nitrogen and oxygen atoms in total. The highest BCUT2D eigenvalue weighted by Crippen LogP contribution is 2.15. The van der Waals surface area contributed by atoms with E-state index in [1.54, 1.807) is 20.9 Å². The molecule has 82 valence electrons. The molecular formula is C10H14N2O3. The second kappa shape index (κ2) is 3.76. The van der Waals surface area contributed by atoms with E-state index in [1.807, 2.05) is 0 Å². The van der Waals surface area contributed by atoms with Crippen LogP contribution in [0.25, 0.3) is 0 Å². The van der Waals surface area contributed by atoms with E-state index >= 15 is 0 Å². The van der Waals surface area contributed by atoms with Gasteiger partial charge in [0, 0.05) is 25.4 Å². The number of carbonyl (C=O) groups is 1. The normalized spacial score (nSPS) is 10.1. The first-order chi connectivity index (χ1) is 6.91. The van der Waals surface area contributed by atoms with Gasteiger partial charge in [-0.15, -0.1) is 0 Å². The average molecular weight is 210 g/mol. The van der Waals surface area contributed by atoms with E-state index in [0.29, 0.717) is 11.3 Å². The summed E-state index contributed by atoms with van der Waals surface area (Å²) in [6, 6.07) is 0. The summed E-state index contributed by atoms with van der Waals surface area (Å²) in [5, 5.41) is 12.0. The van der Waals surface area contributed by atoms with Crippen LogP contribution in [0.4, 0.5) is 0 Å². The first-order valence-electron chi connectivity index (χ1n) is 4.53. The third kappa shape index (κ3) is 1.60. The summed E-state index contributed by atoms with van der Waals surface area (Å²) < 4.78 is 1.50. The van der Waals surface area contributed by atoms with E-state index in [-0.39, 0.29) is 5.69 Å². The molecule has 1 heterocycles. The van der Waals surface area contributed by atoms with Crippen LogP contribution in [0.5, 0.6) is 5.75 Å². The van der Waals surface area contributed by atoms with Gasteiger partial charge in [0.25, 0.3) is 5.91 Å². The van der Waals surface area contributed by atoms with E-state index in [9.17, 15) is 14.7 Å². The van der Waals surface area contributed by atoms with E-state index in [2.05, 4.69) is 5.32 Å². The van der Waals surface area contributed by atoms with E-state index in [4.69, 9.17) is 0 Å². The van der Waals surface area contributed by atoms with Crippen molar-refractivity contribution in [3.8, 4) is 5.75 Å². The summed E-state index contributed by atoms with van der Waals surface area (Å²) in [4.78, 5) is 23.0. The summed E-state index contributed by atoms with van der Waals surface area (Å²) in [5.41, 5.74) is 0.605. The smallest absolute Gasteiger partial charge is 0.271 e. The number of nitrogens with zero attached hydrogens (tertiary/aromatic N) is 1. The summed E-state index contributed by atoms with van der Waals surface area (Å²) in [5.74, 6) is -0.977. The third-order valence-corrected chi connectivity index (χ3v) is 2.60. The number of amides is 1. The molecule has 1 aromatic rings. The lowest BCUT2D eigenvalue weighted by Gasteiger charge is -2.14. The predicted molar refractivity (Wildman–Crippen MR) is 56.2 cm³/mol. The Kier molecular flexibility index (Phi) is 2.83. The molecule has 0 spiro atoms. The Morgan fingerprint density at radius 3 is 2.40 bits per heavy atom. The minimum atomic E-state index is -0.500. The Morgan fingerprint density at radius 1 is 1.40 bits per heavy atom. The van der Waals surface area contributed by atoms with Gasteiger partial charge >= 0.3 is 0 Å². The van der Waals surface area contributed by atoms with Crippen LogP contribution in [0.3, 0.4) is 0 Å². The summed E-state index contributed by atoms with van der Waals surface area (Å²) in [6.07, 6.45) is 0. The molecule has 0 aromatic carbocycles. The molecule has 0 fully saturated rings. The molecule has 0 bridgehead atoms. The lowest BCUT2D eigenvalue weighted by atomic mass is 10.1. The van der Waals surface area contributed by atoms with Crippen molar-refractivity contribution >= 4 is 5.91 Å². The van der Waals surface area contributed by atoms with Gasteiger partial charge in [-0.25, -0.2) is 0 Å². The highest BCUT2D eigenvalue weighted by molar-refractivity contribution is 5.95. The lowest BCUT2D eigenvalue weighted by molar-refractivity contribution is 0.0950. The molecule has 0 aliphatic rings. The van der Waals surface area contributed by atoms with Crippen LogP contribution in [0.1, 0.15) is 21.7 Å². The fourth-order valence-electron chi connectivity index (χ4n) is 1.41. The van der Waals surface area contributed by atoms with Gasteiger partial charge < -0.3 is 15.0 Å². The van der Waals surface area contributed by atoms with Crippen molar-refractivity contribution in [1.82, 2.24) is 9.88 Å². The number of hydrogen-bond acceptors (Lipinski definition) is 3.